The normalized spacial score (nSPS) is 11.2. The van der Waals surface area contributed by atoms with Crippen LogP contribution in [0.3, 0.4) is 0 Å². The standard InChI is InChI=1S/C29H47NO6/c1-5-8-9-10-11-12-13-14-15-16-17-18-21-36-29(32)24-19-20-26(33-4)25(22-24)30-27(34-6-2)23-28(31)35-7-3/h19-20,22-23,30H,5-18,21H2,1-4H3/b27-23-. The lowest BCUT2D eigenvalue weighted by atomic mass is 10.1. The summed E-state index contributed by atoms with van der Waals surface area (Å²) in [5, 5.41) is 3.01. The van der Waals surface area contributed by atoms with Crippen LogP contribution in [0.2, 0.25) is 0 Å². The van der Waals surface area contributed by atoms with E-state index in [0.29, 0.717) is 30.2 Å². The van der Waals surface area contributed by atoms with E-state index in [2.05, 4.69) is 12.2 Å². The number of ether oxygens (including phenoxy) is 4. The summed E-state index contributed by atoms with van der Waals surface area (Å²) in [7, 11) is 1.53. The van der Waals surface area contributed by atoms with Crippen molar-refractivity contribution in [2.75, 3.05) is 32.2 Å². The smallest absolute Gasteiger partial charge is 0.338 e. The van der Waals surface area contributed by atoms with Crippen molar-refractivity contribution in [1.82, 2.24) is 0 Å². The molecular weight excluding hydrogens is 458 g/mol. The summed E-state index contributed by atoms with van der Waals surface area (Å²) in [4.78, 5) is 24.4. The summed E-state index contributed by atoms with van der Waals surface area (Å²) in [6.45, 7) is 6.80. The van der Waals surface area contributed by atoms with Crippen molar-refractivity contribution in [2.24, 2.45) is 0 Å². The summed E-state index contributed by atoms with van der Waals surface area (Å²) < 4.78 is 21.3. The van der Waals surface area contributed by atoms with Crippen molar-refractivity contribution in [3.8, 4) is 5.75 Å². The van der Waals surface area contributed by atoms with E-state index in [1.54, 1.807) is 32.0 Å². The number of benzene rings is 1. The van der Waals surface area contributed by atoms with Gasteiger partial charge in [0, 0.05) is 0 Å². The molecule has 0 aliphatic carbocycles. The van der Waals surface area contributed by atoms with Crippen molar-refractivity contribution in [1.29, 1.82) is 0 Å². The molecule has 36 heavy (non-hydrogen) atoms. The number of esters is 2. The van der Waals surface area contributed by atoms with Crippen LogP contribution < -0.4 is 10.1 Å². The molecule has 1 rings (SSSR count). The third kappa shape index (κ3) is 14.0. The van der Waals surface area contributed by atoms with Gasteiger partial charge in [-0.05, 0) is 38.5 Å². The van der Waals surface area contributed by atoms with E-state index in [1.807, 2.05) is 0 Å². The topological polar surface area (TPSA) is 83.1 Å². The van der Waals surface area contributed by atoms with Gasteiger partial charge in [-0.3, -0.25) is 0 Å². The van der Waals surface area contributed by atoms with E-state index in [9.17, 15) is 9.59 Å². The van der Waals surface area contributed by atoms with E-state index in [0.717, 1.165) is 12.8 Å². The number of methoxy groups -OCH3 is 1. The molecule has 0 unspecified atom stereocenters. The molecule has 7 nitrogen and oxygen atoms in total. The largest absolute Gasteiger partial charge is 0.495 e. The Morgan fingerprint density at radius 1 is 0.778 bits per heavy atom. The summed E-state index contributed by atoms with van der Waals surface area (Å²) >= 11 is 0. The molecule has 0 amide bonds. The van der Waals surface area contributed by atoms with Crippen molar-refractivity contribution >= 4 is 17.6 Å². The van der Waals surface area contributed by atoms with E-state index >= 15 is 0 Å². The summed E-state index contributed by atoms with van der Waals surface area (Å²) in [6, 6.07) is 4.96. The van der Waals surface area contributed by atoms with Gasteiger partial charge < -0.3 is 24.3 Å². The zero-order valence-corrected chi connectivity index (χ0v) is 22.9. The second-order valence-corrected chi connectivity index (χ2v) is 8.76. The maximum atomic E-state index is 12.6. The van der Waals surface area contributed by atoms with Gasteiger partial charge in [0.25, 0.3) is 0 Å². The Hall–Kier alpha value is -2.70. The zero-order valence-electron chi connectivity index (χ0n) is 22.9. The number of hydrogen-bond donors (Lipinski definition) is 1. The fourth-order valence-electron chi connectivity index (χ4n) is 3.82. The molecule has 0 bridgehead atoms. The monoisotopic (exact) mass is 505 g/mol. The first-order valence-corrected chi connectivity index (χ1v) is 13.7. The van der Waals surface area contributed by atoms with Crippen LogP contribution in [0, 0.1) is 0 Å². The molecule has 0 heterocycles. The number of rotatable bonds is 21. The first-order chi connectivity index (χ1) is 17.5. The molecule has 0 atom stereocenters. The fourth-order valence-corrected chi connectivity index (χ4v) is 3.82. The Labute approximate surface area is 217 Å². The lowest BCUT2D eigenvalue weighted by Crippen LogP contribution is -2.11. The lowest BCUT2D eigenvalue weighted by molar-refractivity contribution is -0.137. The van der Waals surface area contributed by atoms with Gasteiger partial charge >= 0.3 is 11.9 Å². The molecular formula is C29H47NO6. The van der Waals surface area contributed by atoms with Gasteiger partial charge in [0.1, 0.15) is 5.75 Å². The van der Waals surface area contributed by atoms with E-state index < -0.39 is 11.9 Å². The maximum absolute atomic E-state index is 12.6. The number of unbranched alkanes of at least 4 members (excludes halogenated alkanes) is 11. The van der Waals surface area contributed by atoms with Crippen molar-refractivity contribution in [3.05, 3.63) is 35.7 Å². The average Bonchev–Trinajstić information content (AvgIpc) is 2.87. The predicted octanol–water partition coefficient (Wildman–Crippen LogP) is 7.41. The van der Waals surface area contributed by atoms with Gasteiger partial charge in [-0.2, -0.15) is 0 Å². The van der Waals surface area contributed by atoms with Crippen molar-refractivity contribution in [3.63, 3.8) is 0 Å². The SMILES string of the molecule is CCCCCCCCCCCCCCOC(=O)c1ccc(OC)c(N/C(=C/C(=O)OCC)OCC)c1. The number of carbonyl (C=O) groups excluding carboxylic acids is 2. The lowest BCUT2D eigenvalue weighted by Gasteiger charge is -2.15. The number of carbonyl (C=O) groups is 2. The molecule has 0 saturated carbocycles. The predicted molar refractivity (Wildman–Crippen MR) is 144 cm³/mol. The Kier molecular flexibility index (Phi) is 17.8. The van der Waals surface area contributed by atoms with Crippen LogP contribution in [0.5, 0.6) is 5.75 Å². The minimum absolute atomic E-state index is 0.205. The first-order valence-electron chi connectivity index (χ1n) is 13.7. The average molecular weight is 506 g/mol. The van der Waals surface area contributed by atoms with Crippen LogP contribution in [-0.4, -0.2) is 38.9 Å². The van der Waals surface area contributed by atoms with Crippen LogP contribution in [0.15, 0.2) is 30.2 Å². The van der Waals surface area contributed by atoms with Gasteiger partial charge in [0.05, 0.1) is 44.3 Å². The second-order valence-electron chi connectivity index (χ2n) is 8.76. The fraction of sp³-hybridized carbons (Fsp3) is 0.655. The van der Waals surface area contributed by atoms with Crippen LogP contribution in [0.1, 0.15) is 108 Å². The quantitative estimate of drug-likeness (QED) is 0.0806. The number of anilines is 1. The van der Waals surface area contributed by atoms with Gasteiger partial charge in [-0.15, -0.1) is 0 Å². The Balaban J connectivity index is 2.42. The van der Waals surface area contributed by atoms with Crippen molar-refractivity contribution < 1.29 is 28.5 Å². The highest BCUT2D eigenvalue weighted by Crippen LogP contribution is 2.27. The zero-order chi connectivity index (χ0) is 26.4. The molecule has 0 radical (unpaired) electrons. The Morgan fingerprint density at radius 3 is 1.92 bits per heavy atom. The van der Waals surface area contributed by atoms with Crippen LogP contribution in [0.25, 0.3) is 0 Å². The summed E-state index contributed by atoms with van der Waals surface area (Å²) in [6.07, 6.45) is 16.4. The molecule has 0 aliphatic heterocycles. The van der Waals surface area contributed by atoms with E-state index in [-0.39, 0.29) is 12.5 Å². The highest BCUT2D eigenvalue weighted by atomic mass is 16.5. The van der Waals surface area contributed by atoms with Crippen molar-refractivity contribution in [2.45, 2.75) is 97.8 Å². The molecule has 204 valence electrons. The summed E-state index contributed by atoms with van der Waals surface area (Å²) in [5.41, 5.74) is 0.880. The highest BCUT2D eigenvalue weighted by molar-refractivity contribution is 5.91. The molecule has 0 aromatic heterocycles. The van der Waals surface area contributed by atoms with Crippen LogP contribution in [0.4, 0.5) is 5.69 Å². The molecule has 0 spiro atoms. The third-order valence-corrected chi connectivity index (χ3v) is 5.76. The Morgan fingerprint density at radius 2 is 1.36 bits per heavy atom. The molecule has 0 saturated heterocycles. The van der Waals surface area contributed by atoms with Gasteiger partial charge in [-0.1, -0.05) is 77.6 Å². The second kappa shape index (κ2) is 20.5. The number of nitrogens with one attached hydrogen (secondary N) is 1. The molecule has 1 N–H and O–H groups in total. The molecule has 1 aromatic carbocycles. The van der Waals surface area contributed by atoms with Gasteiger partial charge in [0.15, 0.2) is 5.88 Å². The van der Waals surface area contributed by atoms with Crippen LogP contribution in [-0.2, 0) is 19.0 Å². The van der Waals surface area contributed by atoms with Gasteiger partial charge in [0.2, 0.25) is 0 Å². The molecule has 1 aromatic rings. The molecule has 0 aliphatic rings. The van der Waals surface area contributed by atoms with E-state index in [4.69, 9.17) is 18.9 Å². The third-order valence-electron chi connectivity index (χ3n) is 5.76. The minimum atomic E-state index is -0.523. The highest BCUT2D eigenvalue weighted by Gasteiger charge is 2.14. The summed E-state index contributed by atoms with van der Waals surface area (Å²) in [5.74, 6) is -0.209. The number of hydrogen-bond acceptors (Lipinski definition) is 7. The van der Waals surface area contributed by atoms with Crippen LogP contribution >= 0.6 is 0 Å². The Bertz CT molecular complexity index is 777. The first kappa shape index (κ1) is 31.3. The molecule has 0 fully saturated rings. The molecule has 7 heteroatoms. The van der Waals surface area contributed by atoms with E-state index in [1.165, 1.54) is 77.4 Å². The van der Waals surface area contributed by atoms with Gasteiger partial charge in [-0.25, -0.2) is 9.59 Å². The maximum Gasteiger partial charge on any atom is 0.338 e. The minimum Gasteiger partial charge on any atom is -0.495 e.